The van der Waals surface area contributed by atoms with Gasteiger partial charge in [0.15, 0.2) is 0 Å². The maximum Gasteiger partial charge on any atom is 0.221 e. The lowest BCUT2D eigenvalue weighted by Crippen LogP contribution is -2.05. The zero-order valence-corrected chi connectivity index (χ0v) is 13.3. The van der Waals surface area contributed by atoms with E-state index >= 15 is 0 Å². The van der Waals surface area contributed by atoms with Crippen molar-refractivity contribution in [2.45, 2.75) is 20.4 Å². The van der Waals surface area contributed by atoms with Crippen molar-refractivity contribution in [1.29, 1.82) is 0 Å². The van der Waals surface area contributed by atoms with Gasteiger partial charge in [0.1, 0.15) is 0 Å². The molecule has 0 bridgehead atoms. The van der Waals surface area contributed by atoms with Crippen molar-refractivity contribution in [2.75, 3.05) is 5.32 Å². The van der Waals surface area contributed by atoms with E-state index in [-0.39, 0.29) is 5.91 Å². The number of amides is 1. The first kappa shape index (κ1) is 14.7. The Balaban J connectivity index is 1.97. The van der Waals surface area contributed by atoms with Gasteiger partial charge in [0.05, 0.1) is 0 Å². The van der Waals surface area contributed by atoms with Gasteiger partial charge in [0.2, 0.25) is 5.91 Å². The number of benzene rings is 2. The number of rotatable bonds is 3. The Kier molecular flexibility index (Phi) is 3.90. The second kappa shape index (κ2) is 5.85. The number of hydrogen-bond donors (Lipinski definition) is 1. The molecule has 0 spiro atoms. The van der Waals surface area contributed by atoms with Gasteiger partial charge in [-0.3, -0.25) is 4.79 Å². The van der Waals surface area contributed by atoms with Gasteiger partial charge in [-0.1, -0.05) is 23.7 Å². The molecule has 2 aromatic carbocycles. The normalized spacial score (nSPS) is 10.9. The van der Waals surface area contributed by atoms with E-state index in [1.165, 1.54) is 18.2 Å². The van der Waals surface area contributed by atoms with Crippen LogP contribution < -0.4 is 5.32 Å². The summed E-state index contributed by atoms with van der Waals surface area (Å²) in [5.74, 6) is -0.0586. The lowest BCUT2D eigenvalue weighted by Gasteiger charge is -2.09. The Hall–Kier alpha value is -2.26. The minimum Gasteiger partial charge on any atom is -0.340 e. The second-order valence-corrected chi connectivity index (χ2v) is 5.89. The Morgan fingerprint density at radius 3 is 2.55 bits per heavy atom. The molecule has 0 aliphatic rings. The van der Waals surface area contributed by atoms with Crippen molar-refractivity contribution in [3.8, 4) is 0 Å². The molecule has 0 aliphatic carbocycles. The summed E-state index contributed by atoms with van der Waals surface area (Å²) in [5.41, 5.74) is 4.37. The topological polar surface area (TPSA) is 34.0 Å². The van der Waals surface area contributed by atoms with E-state index in [0.29, 0.717) is 0 Å². The molecule has 112 valence electrons. The van der Waals surface area contributed by atoms with Crippen LogP contribution in [0.1, 0.15) is 18.2 Å². The molecule has 3 aromatic rings. The monoisotopic (exact) mass is 312 g/mol. The smallest absolute Gasteiger partial charge is 0.221 e. The first-order valence-electron chi connectivity index (χ1n) is 7.15. The van der Waals surface area contributed by atoms with Crippen LogP contribution in [-0.2, 0) is 11.3 Å². The average Bonchev–Trinajstić information content (AvgIpc) is 2.76. The van der Waals surface area contributed by atoms with Crippen LogP contribution in [0.15, 0.2) is 48.5 Å². The molecule has 0 radical (unpaired) electrons. The van der Waals surface area contributed by atoms with Crippen LogP contribution >= 0.6 is 11.6 Å². The highest BCUT2D eigenvalue weighted by molar-refractivity contribution is 6.30. The summed E-state index contributed by atoms with van der Waals surface area (Å²) < 4.78 is 2.26. The summed E-state index contributed by atoms with van der Waals surface area (Å²) in [5, 5.41) is 4.69. The summed E-state index contributed by atoms with van der Waals surface area (Å²) >= 11 is 5.94. The Morgan fingerprint density at radius 1 is 1.14 bits per heavy atom. The fourth-order valence-electron chi connectivity index (χ4n) is 2.67. The van der Waals surface area contributed by atoms with Crippen LogP contribution in [-0.4, -0.2) is 10.5 Å². The van der Waals surface area contributed by atoms with Gasteiger partial charge >= 0.3 is 0 Å². The average molecular weight is 313 g/mol. The molecule has 0 atom stereocenters. The van der Waals surface area contributed by atoms with E-state index in [1.54, 1.807) is 0 Å². The largest absolute Gasteiger partial charge is 0.340 e. The Morgan fingerprint density at radius 2 is 1.86 bits per heavy atom. The summed E-state index contributed by atoms with van der Waals surface area (Å²) in [6.45, 7) is 4.40. The molecule has 22 heavy (non-hydrogen) atoms. The van der Waals surface area contributed by atoms with Gasteiger partial charge in [0.25, 0.3) is 0 Å². The number of aryl methyl sites for hydroxylation is 1. The van der Waals surface area contributed by atoms with Gasteiger partial charge in [-0.2, -0.15) is 0 Å². The molecule has 1 aromatic heterocycles. The molecule has 0 saturated heterocycles. The zero-order chi connectivity index (χ0) is 15.7. The van der Waals surface area contributed by atoms with Crippen LogP contribution in [0.5, 0.6) is 0 Å². The number of nitrogens with one attached hydrogen (secondary N) is 1. The SMILES string of the molecule is CC(=O)Nc1ccc2c(c1)cc(C)n2Cc1ccc(Cl)cc1. The van der Waals surface area contributed by atoms with E-state index in [4.69, 9.17) is 11.6 Å². The van der Waals surface area contributed by atoms with Crippen LogP contribution in [0.2, 0.25) is 5.02 Å². The van der Waals surface area contributed by atoms with E-state index in [1.807, 2.05) is 42.5 Å². The molecule has 0 unspecified atom stereocenters. The molecule has 3 nitrogen and oxygen atoms in total. The first-order valence-corrected chi connectivity index (χ1v) is 7.52. The van der Waals surface area contributed by atoms with Crippen molar-refractivity contribution in [3.05, 3.63) is 64.8 Å². The Labute approximate surface area is 134 Å². The predicted molar refractivity (Wildman–Crippen MR) is 91.5 cm³/mol. The summed E-state index contributed by atoms with van der Waals surface area (Å²) in [6, 6.07) is 16.0. The molecule has 0 aliphatic heterocycles. The quantitative estimate of drug-likeness (QED) is 0.753. The van der Waals surface area contributed by atoms with Crippen LogP contribution in [0.3, 0.4) is 0 Å². The predicted octanol–water partition coefficient (Wildman–Crippen LogP) is 4.61. The van der Waals surface area contributed by atoms with E-state index < -0.39 is 0 Å². The third kappa shape index (κ3) is 3.00. The number of aromatic nitrogens is 1. The van der Waals surface area contributed by atoms with Crippen molar-refractivity contribution < 1.29 is 4.79 Å². The number of fused-ring (bicyclic) bond motifs is 1. The lowest BCUT2D eigenvalue weighted by molar-refractivity contribution is -0.114. The van der Waals surface area contributed by atoms with Crippen molar-refractivity contribution >= 4 is 34.1 Å². The number of anilines is 1. The number of halogens is 1. The molecule has 1 amide bonds. The highest BCUT2D eigenvalue weighted by Crippen LogP contribution is 2.24. The van der Waals surface area contributed by atoms with E-state index in [0.717, 1.165) is 28.2 Å². The fraction of sp³-hybridized carbons (Fsp3) is 0.167. The summed E-state index contributed by atoms with van der Waals surface area (Å²) in [7, 11) is 0. The third-order valence-electron chi connectivity index (χ3n) is 3.68. The lowest BCUT2D eigenvalue weighted by atomic mass is 10.2. The second-order valence-electron chi connectivity index (χ2n) is 5.45. The third-order valence-corrected chi connectivity index (χ3v) is 3.93. The van der Waals surface area contributed by atoms with Crippen LogP contribution in [0.4, 0.5) is 5.69 Å². The number of carbonyl (C=O) groups is 1. The van der Waals surface area contributed by atoms with Crippen molar-refractivity contribution in [1.82, 2.24) is 4.57 Å². The molecule has 1 heterocycles. The maximum atomic E-state index is 11.2. The molecule has 0 fully saturated rings. The minimum absolute atomic E-state index is 0.0586. The molecule has 4 heteroatoms. The summed E-state index contributed by atoms with van der Waals surface area (Å²) in [6.07, 6.45) is 0. The zero-order valence-electron chi connectivity index (χ0n) is 12.6. The van der Waals surface area contributed by atoms with Crippen molar-refractivity contribution in [3.63, 3.8) is 0 Å². The summed E-state index contributed by atoms with van der Waals surface area (Å²) in [4.78, 5) is 11.2. The first-order chi connectivity index (χ1) is 10.5. The number of nitrogens with zero attached hydrogens (tertiary/aromatic N) is 1. The van der Waals surface area contributed by atoms with Gasteiger partial charge in [-0.05, 0) is 48.9 Å². The van der Waals surface area contributed by atoms with Gasteiger partial charge in [-0.25, -0.2) is 0 Å². The minimum atomic E-state index is -0.0586. The highest BCUT2D eigenvalue weighted by Gasteiger charge is 2.07. The molecule has 1 N–H and O–H groups in total. The number of hydrogen-bond acceptors (Lipinski definition) is 1. The van der Waals surface area contributed by atoms with E-state index in [9.17, 15) is 4.79 Å². The standard InChI is InChI=1S/C18H17ClN2O/c1-12-9-15-10-17(20-13(2)22)7-8-18(15)21(12)11-14-3-5-16(19)6-4-14/h3-10H,11H2,1-2H3,(H,20,22). The Bertz CT molecular complexity index is 834. The molecular weight excluding hydrogens is 296 g/mol. The molecule has 3 rings (SSSR count). The molecular formula is C18H17ClN2O. The maximum absolute atomic E-state index is 11.2. The van der Waals surface area contributed by atoms with Gasteiger partial charge < -0.3 is 9.88 Å². The van der Waals surface area contributed by atoms with E-state index in [2.05, 4.69) is 22.9 Å². The molecule has 0 saturated carbocycles. The number of carbonyl (C=O) groups excluding carboxylic acids is 1. The highest BCUT2D eigenvalue weighted by atomic mass is 35.5. The fourth-order valence-corrected chi connectivity index (χ4v) is 2.80. The van der Waals surface area contributed by atoms with Gasteiger partial charge in [-0.15, -0.1) is 0 Å². The van der Waals surface area contributed by atoms with Crippen molar-refractivity contribution in [2.24, 2.45) is 0 Å². The van der Waals surface area contributed by atoms with Crippen LogP contribution in [0.25, 0.3) is 10.9 Å². The van der Waals surface area contributed by atoms with Crippen LogP contribution in [0, 0.1) is 6.92 Å². The van der Waals surface area contributed by atoms with Gasteiger partial charge in [0, 0.05) is 40.8 Å².